The number of rotatable bonds is 4. The first-order valence-electron chi connectivity index (χ1n) is 5.84. The number of nitrogens with zero attached hydrogens (tertiary/aromatic N) is 1. The van der Waals surface area contributed by atoms with Crippen LogP contribution in [0.15, 0.2) is 34.0 Å². The quantitative estimate of drug-likeness (QED) is 0.856. The van der Waals surface area contributed by atoms with Gasteiger partial charge in [0.1, 0.15) is 4.34 Å². The zero-order chi connectivity index (χ0) is 14.8. The summed E-state index contributed by atoms with van der Waals surface area (Å²) in [6.45, 7) is 1.87. The van der Waals surface area contributed by atoms with E-state index in [0.29, 0.717) is 5.75 Å². The summed E-state index contributed by atoms with van der Waals surface area (Å²) in [5, 5.41) is 1.90. The van der Waals surface area contributed by atoms with Gasteiger partial charge in [-0.3, -0.25) is 0 Å². The number of hydrogen-bond acceptors (Lipinski definition) is 4. The van der Waals surface area contributed by atoms with E-state index in [1.165, 1.54) is 35.2 Å². The summed E-state index contributed by atoms with van der Waals surface area (Å²) < 4.78 is 39.5. The summed E-state index contributed by atoms with van der Waals surface area (Å²) in [4.78, 5) is 4.25. The average Bonchev–Trinajstić information content (AvgIpc) is 2.81. The summed E-state index contributed by atoms with van der Waals surface area (Å²) in [5.74, 6) is 0.361. The summed E-state index contributed by atoms with van der Waals surface area (Å²) in [6.07, 6.45) is -4.38. The van der Waals surface area contributed by atoms with Crippen LogP contribution in [-0.2, 0) is 6.18 Å². The second kappa shape index (κ2) is 6.15. The lowest BCUT2D eigenvalue weighted by Crippen LogP contribution is -2.19. The van der Waals surface area contributed by atoms with Gasteiger partial charge in [-0.25, -0.2) is 4.98 Å². The standard InChI is InChI=1S/C13H13F3N2S2/c1-8-6-19-12(18-8)20-7-11(17)9-4-2-3-5-10(9)13(14,15)16/h2-6,11H,7,17H2,1H3. The molecule has 7 heteroatoms. The first-order chi connectivity index (χ1) is 9.38. The second-order valence-electron chi connectivity index (χ2n) is 4.26. The Morgan fingerprint density at radius 1 is 1.35 bits per heavy atom. The van der Waals surface area contributed by atoms with Crippen molar-refractivity contribution in [2.75, 3.05) is 5.75 Å². The summed E-state index contributed by atoms with van der Waals surface area (Å²) in [7, 11) is 0. The van der Waals surface area contributed by atoms with Crippen molar-refractivity contribution >= 4 is 23.1 Å². The van der Waals surface area contributed by atoms with E-state index in [0.717, 1.165) is 16.1 Å². The Balaban J connectivity index is 2.11. The van der Waals surface area contributed by atoms with Crippen molar-refractivity contribution in [3.05, 3.63) is 46.5 Å². The highest BCUT2D eigenvalue weighted by atomic mass is 32.2. The summed E-state index contributed by atoms with van der Waals surface area (Å²) in [6, 6.07) is 4.76. The van der Waals surface area contributed by atoms with Gasteiger partial charge in [0.05, 0.1) is 5.56 Å². The Morgan fingerprint density at radius 2 is 2.05 bits per heavy atom. The van der Waals surface area contributed by atoms with Crippen LogP contribution in [0.4, 0.5) is 13.2 Å². The van der Waals surface area contributed by atoms with E-state index in [2.05, 4.69) is 4.98 Å². The molecule has 1 aromatic heterocycles. The van der Waals surface area contributed by atoms with E-state index in [1.54, 1.807) is 6.07 Å². The van der Waals surface area contributed by atoms with Crippen molar-refractivity contribution in [2.45, 2.75) is 23.5 Å². The van der Waals surface area contributed by atoms with Gasteiger partial charge in [0.25, 0.3) is 0 Å². The fourth-order valence-electron chi connectivity index (χ4n) is 1.73. The van der Waals surface area contributed by atoms with E-state index in [1.807, 2.05) is 12.3 Å². The molecule has 0 spiro atoms. The van der Waals surface area contributed by atoms with Gasteiger partial charge in [-0.05, 0) is 18.6 Å². The zero-order valence-corrected chi connectivity index (χ0v) is 12.3. The first-order valence-corrected chi connectivity index (χ1v) is 7.71. The monoisotopic (exact) mass is 318 g/mol. The summed E-state index contributed by atoms with van der Waals surface area (Å²) in [5.41, 5.74) is 6.27. The highest BCUT2D eigenvalue weighted by Crippen LogP contribution is 2.35. The minimum absolute atomic E-state index is 0.126. The van der Waals surface area contributed by atoms with Crippen LogP contribution in [0.5, 0.6) is 0 Å². The molecule has 0 radical (unpaired) electrons. The number of aryl methyl sites for hydroxylation is 1. The van der Waals surface area contributed by atoms with Crippen molar-refractivity contribution in [1.29, 1.82) is 0 Å². The molecule has 0 aliphatic heterocycles. The fraction of sp³-hybridized carbons (Fsp3) is 0.308. The first kappa shape index (κ1) is 15.3. The molecule has 2 nitrogen and oxygen atoms in total. The number of nitrogens with two attached hydrogens (primary N) is 1. The van der Waals surface area contributed by atoms with Crippen LogP contribution >= 0.6 is 23.1 Å². The molecule has 1 aromatic carbocycles. The third-order valence-corrected chi connectivity index (χ3v) is 4.91. The predicted molar refractivity (Wildman–Crippen MR) is 75.9 cm³/mol. The highest BCUT2D eigenvalue weighted by Gasteiger charge is 2.34. The third kappa shape index (κ3) is 3.74. The molecule has 0 fully saturated rings. The van der Waals surface area contributed by atoms with Crippen molar-refractivity contribution in [1.82, 2.24) is 4.98 Å². The molecular formula is C13H13F3N2S2. The van der Waals surface area contributed by atoms with Crippen molar-refractivity contribution in [3.8, 4) is 0 Å². The molecule has 2 aromatic rings. The van der Waals surface area contributed by atoms with Crippen molar-refractivity contribution in [3.63, 3.8) is 0 Å². The van der Waals surface area contributed by atoms with E-state index in [-0.39, 0.29) is 5.56 Å². The van der Waals surface area contributed by atoms with Gasteiger partial charge in [-0.2, -0.15) is 13.2 Å². The largest absolute Gasteiger partial charge is 0.416 e. The smallest absolute Gasteiger partial charge is 0.323 e. The van der Waals surface area contributed by atoms with Crippen LogP contribution < -0.4 is 5.73 Å². The average molecular weight is 318 g/mol. The highest BCUT2D eigenvalue weighted by molar-refractivity contribution is 8.01. The van der Waals surface area contributed by atoms with E-state index >= 15 is 0 Å². The molecule has 1 heterocycles. The zero-order valence-electron chi connectivity index (χ0n) is 10.6. The molecule has 0 amide bonds. The number of alkyl halides is 3. The molecule has 2 N–H and O–H groups in total. The van der Waals surface area contributed by atoms with Gasteiger partial charge < -0.3 is 5.73 Å². The Morgan fingerprint density at radius 3 is 2.65 bits per heavy atom. The SMILES string of the molecule is Cc1csc(SCC(N)c2ccccc2C(F)(F)F)n1. The van der Waals surface area contributed by atoms with Gasteiger partial charge >= 0.3 is 6.18 Å². The molecule has 0 aliphatic carbocycles. The van der Waals surface area contributed by atoms with Gasteiger partial charge in [-0.1, -0.05) is 30.0 Å². The minimum Gasteiger partial charge on any atom is -0.323 e. The van der Waals surface area contributed by atoms with Crippen LogP contribution in [0.25, 0.3) is 0 Å². The van der Waals surface area contributed by atoms with Gasteiger partial charge in [0.15, 0.2) is 0 Å². The van der Waals surface area contributed by atoms with Gasteiger partial charge in [0, 0.05) is 22.9 Å². The normalized spacial score (nSPS) is 13.4. The molecule has 108 valence electrons. The Bertz CT molecular complexity index is 581. The minimum atomic E-state index is -4.38. The third-order valence-electron chi connectivity index (χ3n) is 2.65. The number of hydrogen-bond donors (Lipinski definition) is 1. The maximum Gasteiger partial charge on any atom is 0.416 e. The topological polar surface area (TPSA) is 38.9 Å². The molecule has 0 saturated heterocycles. The van der Waals surface area contributed by atoms with Crippen LogP contribution in [0.1, 0.15) is 22.9 Å². The number of benzene rings is 1. The lowest BCUT2D eigenvalue weighted by Gasteiger charge is -2.17. The van der Waals surface area contributed by atoms with E-state index in [9.17, 15) is 13.2 Å². The number of thiazole rings is 1. The maximum absolute atomic E-state index is 12.9. The molecule has 20 heavy (non-hydrogen) atoms. The fourth-order valence-corrected chi connectivity index (χ4v) is 3.58. The van der Waals surface area contributed by atoms with Crippen LogP contribution in [0.2, 0.25) is 0 Å². The summed E-state index contributed by atoms with van der Waals surface area (Å²) >= 11 is 2.85. The number of halogens is 3. The van der Waals surface area contributed by atoms with Crippen molar-refractivity contribution < 1.29 is 13.2 Å². The van der Waals surface area contributed by atoms with Gasteiger partial charge in [-0.15, -0.1) is 11.3 Å². The van der Waals surface area contributed by atoms with Crippen molar-refractivity contribution in [2.24, 2.45) is 5.73 Å². The molecular weight excluding hydrogens is 305 g/mol. The van der Waals surface area contributed by atoms with Gasteiger partial charge in [0.2, 0.25) is 0 Å². The van der Waals surface area contributed by atoms with Crippen LogP contribution in [-0.4, -0.2) is 10.7 Å². The Labute approximate surface area is 123 Å². The molecule has 0 bridgehead atoms. The van der Waals surface area contributed by atoms with E-state index in [4.69, 9.17) is 5.73 Å². The van der Waals surface area contributed by atoms with Crippen LogP contribution in [0.3, 0.4) is 0 Å². The molecule has 2 rings (SSSR count). The molecule has 1 atom stereocenters. The predicted octanol–water partition coefficient (Wildman–Crippen LogP) is 4.26. The molecule has 1 unspecified atom stereocenters. The Kier molecular flexibility index (Phi) is 4.72. The Hall–Kier alpha value is -1.05. The van der Waals surface area contributed by atoms with E-state index < -0.39 is 17.8 Å². The number of thioether (sulfide) groups is 1. The second-order valence-corrected chi connectivity index (χ2v) is 6.38. The number of aromatic nitrogens is 1. The maximum atomic E-state index is 12.9. The van der Waals surface area contributed by atoms with Crippen LogP contribution in [0, 0.1) is 6.92 Å². The molecule has 0 aliphatic rings. The lowest BCUT2D eigenvalue weighted by atomic mass is 10.0. The lowest BCUT2D eigenvalue weighted by molar-refractivity contribution is -0.138. The molecule has 0 saturated carbocycles.